The molecule has 2 heterocycles. The van der Waals surface area contributed by atoms with Gasteiger partial charge in [-0.05, 0) is 6.07 Å². The summed E-state index contributed by atoms with van der Waals surface area (Å²) in [6.45, 7) is 0. The van der Waals surface area contributed by atoms with Gasteiger partial charge in [-0.25, -0.2) is 4.99 Å². The number of hydrogen-bond acceptors (Lipinski definition) is 2. The van der Waals surface area contributed by atoms with Crippen molar-refractivity contribution in [2.24, 2.45) is 4.99 Å². The van der Waals surface area contributed by atoms with E-state index < -0.39 is 0 Å². The Labute approximate surface area is 76.6 Å². The molecule has 2 bridgehead atoms. The molecule has 2 aliphatic heterocycles. The minimum atomic E-state index is 0.470. The number of benzene rings is 1. The zero-order valence-electron chi connectivity index (χ0n) is 7.10. The Morgan fingerprint density at radius 1 is 1.31 bits per heavy atom. The van der Waals surface area contributed by atoms with Crippen molar-refractivity contribution < 1.29 is 4.74 Å². The summed E-state index contributed by atoms with van der Waals surface area (Å²) in [5.74, 6) is 2.27. The van der Waals surface area contributed by atoms with E-state index in [4.69, 9.17) is 4.74 Å². The fourth-order valence-corrected chi connectivity index (χ4v) is 1.83. The molecule has 0 spiro atoms. The Balaban J connectivity index is 2.19. The molecule has 1 aromatic rings. The van der Waals surface area contributed by atoms with Crippen LogP contribution in [0, 0.1) is 0 Å². The molecule has 1 unspecified atom stereocenters. The highest BCUT2D eigenvalue weighted by Crippen LogP contribution is 2.36. The second kappa shape index (κ2) is 2.46. The van der Waals surface area contributed by atoms with Crippen LogP contribution >= 0.6 is 0 Å². The van der Waals surface area contributed by atoms with Crippen molar-refractivity contribution >= 4 is 5.90 Å². The lowest BCUT2D eigenvalue weighted by atomic mass is 9.92. The molecule has 0 saturated carbocycles. The fourth-order valence-electron chi connectivity index (χ4n) is 1.83. The molecule has 1 aromatic carbocycles. The average Bonchev–Trinajstić information content (AvgIpc) is 2.18. The van der Waals surface area contributed by atoms with Crippen LogP contribution in [0.25, 0.3) is 0 Å². The standard InChI is InChI=1S/C11H9NO/c1-2-4-10-9(3-1)8-5-6-12-11(7-8)13-10/h1-6,8H,7H2. The number of ether oxygens (including phenoxy) is 1. The van der Waals surface area contributed by atoms with E-state index in [0.29, 0.717) is 5.92 Å². The number of rotatable bonds is 0. The Morgan fingerprint density at radius 2 is 2.23 bits per heavy atom. The summed E-state index contributed by atoms with van der Waals surface area (Å²) in [7, 11) is 0. The monoisotopic (exact) mass is 171 g/mol. The lowest BCUT2D eigenvalue weighted by Gasteiger charge is -2.26. The quantitative estimate of drug-likeness (QED) is 0.587. The third-order valence-corrected chi connectivity index (χ3v) is 2.48. The van der Waals surface area contributed by atoms with Gasteiger partial charge in [-0.2, -0.15) is 0 Å². The summed E-state index contributed by atoms with van der Waals surface area (Å²) in [6.07, 6.45) is 4.87. The number of nitrogens with zero attached hydrogens (tertiary/aromatic N) is 1. The van der Waals surface area contributed by atoms with Crippen molar-refractivity contribution in [1.29, 1.82) is 0 Å². The van der Waals surface area contributed by atoms with Crippen molar-refractivity contribution in [1.82, 2.24) is 0 Å². The van der Waals surface area contributed by atoms with Gasteiger partial charge in [0, 0.05) is 24.1 Å². The molecule has 1 atom stereocenters. The van der Waals surface area contributed by atoms with Crippen molar-refractivity contribution in [2.45, 2.75) is 12.3 Å². The number of aliphatic imine (C=N–C) groups is 1. The first kappa shape index (κ1) is 6.89. The Morgan fingerprint density at radius 3 is 3.23 bits per heavy atom. The number of allylic oxidation sites excluding steroid dienone is 1. The average molecular weight is 171 g/mol. The van der Waals surface area contributed by atoms with E-state index in [1.807, 2.05) is 24.4 Å². The third kappa shape index (κ3) is 0.985. The Bertz CT molecular complexity index is 406. The second-order valence-electron chi connectivity index (χ2n) is 3.31. The fraction of sp³-hybridized carbons (Fsp3) is 0.182. The number of hydrogen-bond donors (Lipinski definition) is 0. The van der Waals surface area contributed by atoms with Gasteiger partial charge in [-0.1, -0.05) is 24.3 Å². The summed E-state index contributed by atoms with van der Waals surface area (Å²) in [6, 6.07) is 8.15. The summed E-state index contributed by atoms with van der Waals surface area (Å²) < 4.78 is 5.60. The molecule has 0 aliphatic carbocycles. The maximum absolute atomic E-state index is 5.60. The van der Waals surface area contributed by atoms with E-state index in [-0.39, 0.29) is 0 Å². The van der Waals surface area contributed by atoms with Gasteiger partial charge < -0.3 is 4.74 Å². The zero-order chi connectivity index (χ0) is 8.67. The van der Waals surface area contributed by atoms with Crippen LogP contribution in [-0.4, -0.2) is 5.90 Å². The summed E-state index contributed by atoms with van der Waals surface area (Å²) in [5.41, 5.74) is 1.28. The van der Waals surface area contributed by atoms with Crippen molar-refractivity contribution in [3.05, 3.63) is 42.1 Å². The van der Waals surface area contributed by atoms with Gasteiger partial charge in [-0.3, -0.25) is 0 Å². The Kier molecular flexibility index (Phi) is 1.30. The van der Waals surface area contributed by atoms with Gasteiger partial charge in [0.1, 0.15) is 5.75 Å². The van der Waals surface area contributed by atoms with E-state index in [2.05, 4.69) is 17.1 Å². The largest absolute Gasteiger partial charge is 0.443 e. The van der Waals surface area contributed by atoms with Crippen LogP contribution in [0.3, 0.4) is 0 Å². The number of fused-ring (bicyclic) bond motifs is 4. The highest BCUT2D eigenvalue weighted by atomic mass is 16.5. The van der Waals surface area contributed by atoms with Crippen molar-refractivity contribution in [3.63, 3.8) is 0 Å². The van der Waals surface area contributed by atoms with Crippen LogP contribution in [0.15, 0.2) is 41.5 Å². The SMILES string of the molecule is C1=CC2CC(=N1)Oc1ccccc12. The van der Waals surface area contributed by atoms with Gasteiger partial charge in [0.2, 0.25) is 0 Å². The normalized spacial score (nSPS) is 23.1. The summed E-state index contributed by atoms with van der Waals surface area (Å²) in [4.78, 5) is 4.16. The molecule has 0 aromatic heterocycles. The summed E-state index contributed by atoms with van der Waals surface area (Å²) in [5, 5.41) is 0. The van der Waals surface area contributed by atoms with Crippen LogP contribution < -0.4 is 4.74 Å². The first-order valence-electron chi connectivity index (χ1n) is 4.43. The van der Waals surface area contributed by atoms with E-state index in [1.54, 1.807) is 0 Å². The molecule has 2 nitrogen and oxygen atoms in total. The molecule has 2 heteroatoms. The highest BCUT2D eigenvalue weighted by molar-refractivity contribution is 5.83. The maximum Gasteiger partial charge on any atom is 0.195 e. The van der Waals surface area contributed by atoms with Crippen LogP contribution in [0.1, 0.15) is 17.9 Å². The van der Waals surface area contributed by atoms with Crippen molar-refractivity contribution in [2.75, 3.05) is 0 Å². The molecule has 0 saturated heterocycles. The molecule has 0 amide bonds. The predicted molar refractivity (Wildman–Crippen MR) is 51.0 cm³/mol. The van der Waals surface area contributed by atoms with E-state index >= 15 is 0 Å². The smallest absolute Gasteiger partial charge is 0.195 e. The van der Waals surface area contributed by atoms with Crippen LogP contribution in [0.5, 0.6) is 5.75 Å². The molecule has 13 heavy (non-hydrogen) atoms. The van der Waals surface area contributed by atoms with E-state index in [1.165, 1.54) is 5.56 Å². The zero-order valence-corrected chi connectivity index (χ0v) is 7.10. The van der Waals surface area contributed by atoms with Gasteiger partial charge in [0.15, 0.2) is 5.90 Å². The minimum Gasteiger partial charge on any atom is -0.443 e. The van der Waals surface area contributed by atoms with E-state index in [0.717, 1.165) is 18.1 Å². The molecule has 0 fully saturated rings. The lowest BCUT2D eigenvalue weighted by molar-refractivity contribution is 0.486. The lowest BCUT2D eigenvalue weighted by Crippen LogP contribution is -2.21. The first-order chi connectivity index (χ1) is 6.43. The Hall–Kier alpha value is -1.57. The van der Waals surface area contributed by atoms with E-state index in [9.17, 15) is 0 Å². The minimum absolute atomic E-state index is 0.470. The van der Waals surface area contributed by atoms with Gasteiger partial charge in [0.25, 0.3) is 0 Å². The van der Waals surface area contributed by atoms with Gasteiger partial charge >= 0.3 is 0 Å². The van der Waals surface area contributed by atoms with Gasteiger partial charge in [0.05, 0.1) is 0 Å². The van der Waals surface area contributed by atoms with Gasteiger partial charge in [-0.15, -0.1) is 0 Å². The molecule has 2 aliphatic rings. The van der Waals surface area contributed by atoms with Crippen molar-refractivity contribution in [3.8, 4) is 5.75 Å². The van der Waals surface area contributed by atoms with Crippen LogP contribution in [0.4, 0.5) is 0 Å². The molecular weight excluding hydrogens is 162 g/mol. The third-order valence-electron chi connectivity index (χ3n) is 2.48. The molecular formula is C11H9NO. The maximum atomic E-state index is 5.60. The highest BCUT2D eigenvalue weighted by Gasteiger charge is 2.24. The number of para-hydroxylation sites is 1. The second-order valence-corrected chi connectivity index (χ2v) is 3.31. The molecule has 0 radical (unpaired) electrons. The summed E-state index contributed by atoms with van der Waals surface area (Å²) >= 11 is 0. The molecule has 3 rings (SSSR count). The molecule has 0 N–H and O–H groups in total. The first-order valence-corrected chi connectivity index (χ1v) is 4.43. The topological polar surface area (TPSA) is 21.6 Å². The molecule has 64 valence electrons. The predicted octanol–water partition coefficient (Wildman–Crippen LogP) is 2.48. The van der Waals surface area contributed by atoms with Crippen LogP contribution in [0.2, 0.25) is 0 Å². The van der Waals surface area contributed by atoms with Crippen LogP contribution in [-0.2, 0) is 0 Å².